The van der Waals surface area contributed by atoms with E-state index in [0.717, 1.165) is 5.56 Å². The summed E-state index contributed by atoms with van der Waals surface area (Å²) < 4.78 is 43.3. The molecule has 0 aliphatic heterocycles. The highest BCUT2D eigenvalue weighted by atomic mass is 32.2. The molecule has 8 nitrogen and oxygen atoms in total. The van der Waals surface area contributed by atoms with Gasteiger partial charge in [0.2, 0.25) is 0 Å². The molecule has 0 aromatic heterocycles. The molecule has 0 aliphatic rings. The number of carbonyl (C=O) groups excluding carboxylic acids is 1. The van der Waals surface area contributed by atoms with Crippen LogP contribution in [-0.4, -0.2) is 35.3 Å². The van der Waals surface area contributed by atoms with Crippen LogP contribution in [0.4, 0.5) is 16.2 Å². The van der Waals surface area contributed by atoms with Crippen LogP contribution in [0, 0.1) is 6.92 Å². The minimum atomic E-state index is -3.94. The van der Waals surface area contributed by atoms with Crippen LogP contribution in [0.3, 0.4) is 0 Å². The largest absolute Gasteiger partial charge is 0.495 e. The summed E-state index contributed by atoms with van der Waals surface area (Å²) in [5.74, 6) is 0.692. The molecule has 27 heavy (non-hydrogen) atoms. The molecular weight excluding hydrogens is 372 g/mol. The number of carbonyl (C=O) groups is 1. The van der Waals surface area contributed by atoms with Crippen LogP contribution >= 0.6 is 0 Å². The summed E-state index contributed by atoms with van der Waals surface area (Å²) in [6, 6.07) is 9.27. The van der Waals surface area contributed by atoms with Crippen LogP contribution in [0.15, 0.2) is 41.3 Å². The van der Waals surface area contributed by atoms with E-state index in [1.807, 2.05) is 13.0 Å². The molecular formula is C18H22N2O6S. The Morgan fingerprint density at radius 2 is 1.63 bits per heavy atom. The van der Waals surface area contributed by atoms with E-state index in [1.165, 1.54) is 32.4 Å². The Kier molecular flexibility index (Phi) is 6.51. The molecule has 0 saturated carbocycles. The third kappa shape index (κ3) is 5.04. The highest BCUT2D eigenvalue weighted by Crippen LogP contribution is 2.31. The molecule has 146 valence electrons. The van der Waals surface area contributed by atoms with E-state index < -0.39 is 16.1 Å². The van der Waals surface area contributed by atoms with Crippen molar-refractivity contribution in [3.8, 4) is 11.5 Å². The number of nitrogens with one attached hydrogen (secondary N) is 2. The van der Waals surface area contributed by atoms with Crippen molar-refractivity contribution in [2.45, 2.75) is 18.7 Å². The zero-order valence-corrected chi connectivity index (χ0v) is 16.3. The number of anilines is 2. The molecule has 0 spiro atoms. The fourth-order valence-corrected chi connectivity index (χ4v) is 3.42. The van der Waals surface area contributed by atoms with Crippen molar-refractivity contribution in [2.75, 3.05) is 30.9 Å². The van der Waals surface area contributed by atoms with Crippen molar-refractivity contribution in [1.29, 1.82) is 0 Å². The van der Waals surface area contributed by atoms with E-state index in [1.54, 1.807) is 19.1 Å². The molecule has 0 bridgehead atoms. The van der Waals surface area contributed by atoms with Gasteiger partial charge in [-0.25, -0.2) is 13.2 Å². The summed E-state index contributed by atoms with van der Waals surface area (Å²) in [6.07, 6.45) is -0.710. The maximum Gasteiger partial charge on any atom is 0.411 e. The second-order valence-electron chi connectivity index (χ2n) is 5.52. The minimum absolute atomic E-state index is 0.0568. The molecule has 2 aromatic carbocycles. The zero-order chi connectivity index (χ0) is 20.0. The number of hydrogen-bond acceptors (Lipinski definition) is 6. The molecule has 2 N–H and O–H groups in total. The molecule has 0 fully saturated rings. The van der Waals surface area contributed by atoms with Crippen molar-refractivity contribution in [3.63, 3.8) is 0 Å². The zero-order valence-electron chi connectivity index (χ0n) is 15.5. The maximum atomic E-state index is 12.8. The summed E-state index contributed by atoms with van der Waals surface area (Å²) in [5, 5.41) is 2.47. The molecule has 9 heteroatoms. The van der Waals surface area contributed by atoms with Gasteiger partial charge in [0.05, 0.1) is 37.1 Å². The Morgan fingerprint density at radius 1 is 1.00 bits per heavy atom. The van der Waals surface area contributed by atoms with E-state index in [0.29, 0.717) is 17.2 Å². The second kappa shape index (κ2) is 8.63. The molecule has 2 rings (SSSR count). The molecule has 1 amide bonds. The molecule has 0 aliphatic carbocycles. The lowest BCUT2D eigenvalue weighted by molar-refractivity contribution is 0.168. The van der Waals surface area contributed by atoms with Crippen LogP contribution in [0.25, 0.3) is 0 Å². The van der Waals surface area contributed by atoms with Crippen molar-refractivity contribution in [1.82, 2.24) is 0 Å². The highest BCUT2D eigenvalue weighted by molar-refractivity contribution is 7.92. The first-order valence-electron chi connectivity index (χ1n) is 8.10. The Hall–Kier alpha value is -2.94. The monoisotopic (exact) mass is 394 g/mol. The Morgan fingerprint density at radius 3 is 2.26 bits per heavy atom. The quantitative estimate of drug-likeness (QED) is 0.746. The van der Waals surface area contributed by atoms with Gasteiger partial charge in [-0.1, -0.05) is 6.07 Å². The average molecular weight is 394 g/mol. The first kappa shape index (κ1) is 20.4. The molecule has 2 aromatic rings. The molecule has 0 heterocycles. The van der Waals surface area contributed by atoms with Crippen molar-refractivity contribution < 1.29 is 27.4 Å². The van der Waals surface area contributed by atoms with Gasteiger partial charge in [0.1, 0.15) is 11.5 Å². The number of amides is 1. The lowest BCUT2D eigenvalue weighted by atomic mass is 10.2. The number of methoxy groups -OCH3 is 2. The van der Waals surface area contributed by atoms with Crippen molar-refractivity contribution in [3.05, 3.63) is 42.0 Å². The first-order valence-corrected chi connectivity index (χ1v) is 9.58. The number of sulfonamides is 1. The van der Waals surface area contributed by atoms with Crippen molar-refractivity contribution in [2.24, 2.45) is 0 Å². The first-order chi connectivity index (χ1) is 12.8. The normalized spacial score (nSPS) is 10.8. The predicted octanol–water partition coefficient (Wildman–Crippen LogP) is 3.38. The number of benzene rings is 2. The lowest BCUT2D eigenvalue weighted by Crippen LogP contribution is -2.16. The number of aryl methyl sites for hydroxylation is 1. The Balaban J connectivity index is 2.38. The Labute approximate surface area is 158 Å². The third-order valence-electron chi connectivity index (χ3n) is 3.59. The second-order valence-corrected chi connectivity index (χ2v) is 7.20. The third-order valence-corrected chi connectivity index (χ3v) is 4.96. The minimum Gasteiger partial charge on any atom is -0.495 e. The van der Waals surface area contributed by atoms with Gasteiger partial charge in [-0.2, -0.15) is 0 Å². The fraction of sp³-hybridized carbons (Fsp3) is 0.278. The predicted molar refractivity (Wildman–Crippen MR) is 102 cm³/mol. The van der Waals surface area contributed by atoms with E-state index in [9.17, 15) is 13.2 Å². The van der Waals surface area contributed by atoms with Gasteiger partial charge < -0.3 is 14.2 Å². The van der Waals surface area contributed by atoms with Gasteiger partial charge in [0, 0.05) is 0 Å². The Bertz CT molecular complexity index is 927. The summed E-state index contributed by atoms with van der Waals surface area (Å²) in [4.78, 5) is 11.6. The van der Waals surface area contributed by atoms with Crippen LogP contribution in [-0.2, 0) is 14.8 Å². The molecule has 0 atom stereocenters. The van der Waals surface area contributed by atoms with E-state index in [4.69, 9.17) is 14.2 Å². The molecule has 0 unspecified atom stereocenters. The van der Waals surface area contributed by atoms with E-state index >= 15 is 0 Å². The summed E-state index contributed by atoms with van der Waals surface area (Å²) in [5.41, 5.74) is 1.36. The molecule has 0 saturated heterocycles. The lowest BCUT2D eigenvalue weighted by Gasteiger charge is -2.15. The van der Waals surface area contributed by atoms with E-state index in [2.05, 4.69) is 10.0 Å². The van der Waals surface area contributed by atoms with Crippen LogP contribution in [0.2, 0.25) is 0 Å². The maximum absolute atomic E-state index is 12.8. The van der Waals surface area contributed by atoms with Gasteiger partial charge in [0.15, 0.2) is 0 Å². The smallest absolute Gasteiger partial charge is 0.411 e. The number of rotatable bonds is 7. The number of ether oxygens (including phenoxy) is 3. The average Bonchev–Trinajstić information content (AvgIpc) is 2.61. The van der Waals surface area contributed by atoms with Crippen LogP contribution in [0.1, 0.15) is 12.5 Å². The summed E-state index contributed by atoms with van der Waals surface area (Å²) in [7, 11) is -1.07. The van der Waals surface area contributed by atoms with Crippen LogP contribution in [0.5, 0.6) is 11.5 Å². The van der Waals surface area contributed by atoms with Crippen LogP contribution < -0.4 is 19.5 Å². The van der Waals surface area contributed by atoms with Gasteiger partial charge in [0.25, 0.3) is 10.0 Å². The standard InChI is InChI=1S/C18H22N2O6S/c1-5-26-18(21)19-14-11-13(7-9-16(14)24-3)27(22,23)20-15-10-12(2)6-8-17(15)25-4/h6-11,20H,5H2,1-4H3,(H,19,21). The SMILES string of the molecule is CCOC(=O)Nc1cc(S(=O)(=O)Nc2cc(C)ccc2OC)ccc1OC. The summed E-state index contributed by atoms with van der Waals surface area (Å²) in [6.45, 7) is 3.68. The van der Waals surface area contributed by atoms with Gasteiger partial charge in [-0.15, -0.1) is 0 Å². The molecule has 0 radical (unpaired) electrons. The summed E-state index contributed by atoms with van der Waals surface area (Å²) >= 11 is 0. The van der Waals surface area contributed by atoms with Gasteiger partial charge in [-0.05, 0) is 49.7 Å². The van der Waals surface area contributed by atoms with Crippen molar-refractivity contribution >= 4 is 27.5 Å². The van der Waals surface area contributed by atoms with Gasteiger partial charge in [-0.3, -0.25) is 10.0 Å². The van der Waals surface area contributed by atoms with Gasteiger partial charge >= 0.3 is 6.09 Å². The number of hydrogen-bond donors (Lipinski definition) is 2. The topological polar surface area (TPSA) is 103 Å². The van der Waals surface area contributed by atoms with E-state index in [-0.39, 0.29) is 17.2 Å². The highest BCUT2D eigenvalue weighted by Gasteiger charge is 2.19. The fourth-order valence-electron chi connectivity index (χ4n) is 2.33.